The molecule has 40 heavy (non-hydrogen) atoms. The van der Waals surface area contributed by atoms with Gasteiger partial charge in [0.2, 0.25) is 0 Å². The molecule has 3 aromatic carbocycles. The number of anilines is 1. The Balaban J connectivity index is 1.36. The fraction of sp³-hybridized carbons (Fsp3) is 0.310. The molecule has 7 nitrogen and oxygen atoms in total. The lowest BCUT2D eigenvalue weighted by molar-refractivity contribution is -0.137. The number of carbonyl (C=O) groups is 1. The second-order valence-corrected chi connectivity index (χ2v) is 11.7. The molecule has 1 amide bonds. The van der Waals surface area contributed by atoms with E-state index < -0.39 is 27.6 Å². The van der Waals surface area contributed by atoms with Crippen LogP contribution < -0.4 is 15.0 Å². The summed E-state index contributed by atoms with van der Waals surface area (Å²) in [7, 11) is -3.36. The van der Waals surface area contributed by atoms with Crippen molar-refractivity contribution in [1.29, 1.82) is 5.26 Å². The Labute approximate surface area is 231 Å². The third kappa shape index (κ3) is 6.93. The van der Waals surface area contributed by atoms with Crippen molar-refractivity contribution >= 4 is 21.4 Å². The van der Waals surface area contributed by atoms with Crippen LogP contribution >= 0.6 is 0 Å². The molecule has 0 radical (unpaired) electrons. The van der Waals surface area contributed by atoms with Crippen molar-refractivity contribution < 1.29 is 31.1 Å². The standard InChI is InChI=1S/C29H28F3N3O4S/c1-2-40(37,38)26-13-5-20(6-14-26)27(15-17-33)34-28(36)21-3-9-23(10-4-21)35-18-16-25(19-35)39-24-11-7-22(8-12-24)29(30,31)32/h3-14,25,27H,2,15-16,18-19H2,1H3,(H,34,36)/t25?,27-/m0/s1. The zero-order chi connectivity index (χ0) is 28.9. The lowest BCUT2D eigenvalue weighted by Crippen LogP contribution is -2.28. The molecule has 11 heteroatoms. The molecule has 1 fully saturated rings. The summed E-state index contributed by atoms with van der Waals surface area (Å²) in [5.74, 6) is -0.0206. The molecular formula is C29H28F3N3O4S. The molecule has 0 saturated carbocycles. The zero-order valence-electron chi connectivity index (χ0n) is 21.7. The Morgan fingerprint density at radius 2 is 1.73 bits per heavy atom. The third-order valence-electron chi connectivity index (χ3n) is 6.75. The van der Waals surface area contributed by atoms with Crippen molar-refractivity contribution in [2.24, 2.45) is 0 Å². The molecule has 1 N–H and O–H groups in total. The number of sulfone groups is 1. The number of nitrogens with one attached hydrogen (secondary N) is 1. The van der Waals surface area contributed by atoms with Crippen LogP contribution in [0.3, 0.4) is 0 Å². The van der Waals surface area contributed by atoms with E-state index >= 15 is 0 Å². The van der Waals surface area contributed by atoms with E-state index in [-0.39, 0.29) is 29.1 Å². The number of alkyl halides is 3. The topological polar surface area (TPSA) is 99.5 Å². The summed E-state index contributed by atoms with van der Waals surface area (Å²) in [5, 5.41) is 12.1. The maximum atomic E-state index is 12.9. The molecule has 1 heterocycles. The van der Waals surface area contributed by atoms with Gasteiger partial charge in [-0.2, -0.15) is 18.4 Å². The molecule has 210 valence electrons. The monoisotopic (exact) mass is 571 g/mol. The maximum absolute atomic E-state index is 12.9. The van der Waals surface area contributed by atoms with Gasteiger partial charge in [-0.25, -0.2) is 8.42 Å². The van der Waals surface area contributed by atoms with Gasteiger partial charge in [-0.05, 0) is 66.2 Å². The third-order valence-corrected chi connectivity index (χ3v) is 8.50. The van der Waals surface area contributed by atoms with Crippen molar-refractivity contribution in [3.63, 3.8) is 0 Å². The predicted molar refractivity (Wildman–Crippen MR) is 144 cm³/mol. The molecular weight excluding hydrogens is 543 g/mol. The number of rotatable bonds is 9. The summed E-state index contributed by atoms with van der Waals surface area (Å²) in [5.41, 5.74) is 1.17. The molecule has 1 aliphatic heterocycles. The zero-order valence-corrected chi connectivity index (χ0v) is 22.5. The number of ether oxygens (including phenoxy) is 1. The molecule has 1 saturated heterocycles. The molecule has 0 aromatic heterocycles. The normalized spacial score (nSPS) is 16.3. The number of benzene rings is 3. The van der Waals surface area contributed by atoms with Crippen molar-refractivity contribution in [1.82, 2.24) is 5.32 Å². The quantitative estimate of drug-likeness (QED) is 0.362. The van der Waals surface area contributed by atoms with Gasteiger partial charge in [0, 0.05) is 24.2 Å². The summed E-state index contributed by atoms with van der Waals surface area (Å²) in [6.45, 7) is 2.79. The number of carbonyl (C=O) groups excluding carboxylic acids is 1. The minimum atomic E-state index is -4.40. The molecule has 0 bridgehead atoms. The van der Waals surface area contributed by atoms with Crippen LogP contribution in [0, 0.1) is 11.3 Å². The number of hydrogen-bond acceptors (Lipinski definition) is 6. The SMILES string of the molecule is CCS(=O)(=O)c1ccc([C@H](CC#N)NC(=O)c2ccc(N3CCC(Oc4ccc(C(F)(F)F)cc4)C3)cc2)cc1. The smallest absolute Gasteiger partial charge is 0.416 e. The van der Waals surface area contributed by atoms with Crippen LogP contribution in [0.15, 0.2) is 77.7 Å². The van der Waals surface area contributed by atoms with Gasteiger partial charge in [0.1, 0.15) is 11.9 Å². The van der Waals surface area contributed by atoms with Gasteiger partial charge >= 0.3 is 6.18 Å². The highest BCUT2D eigenvalue weighted by molar-refractivity contribution is 7.91. The van der Waals surface area contributed by atoms with Gasteiger partial charge in [0.25, 0.3) is 5.91 Å². The van der Waals surface area contributed by atoms with Gasteiger partial charge in [0.15, 0.2) is 9.84 Å². The van der Waals surface area contributed by atoms with Crippen molar-refractivity contribution in [3.8, 4) is 11.8 Å². The summed E-state index contributed by atoms with van der Waals surface area (Å²) < 4.78 is 68.3. The van der Waals surface area contributed by atoms with Gasteiger partial charge < -0.3 is 15.0 Å². The predicted octanol–water partition coefficient (Wildman–Crippen LogP) is 5.54. The molecule has 1 unspecified atom stereocenters. The first-order valence-corrected chi connectivity index (χ1v) is 14.3. The first-order valence-electron chi connectivity index (χ1n) is 12.7. The fourth-order valence-electron chi connectivity index (χ4n) is 4.46. The molecule has 4 rings (SSSR count). The van der Waals surface area contributed by atoms with Crippen LogP contribution in [0.1, 0.15) is 47.3 Å². The van der Waals surface area contributed by atoms with Crippen molar-refractivity contribution in [2.75, 3.05) is 23.7 Å². The molecule has 1 aliphatic rings. The van der Waals surface area contributed by atoms with E-state index in [0.29, 0.717) is 36.4 Å². The Morgan fingerprint density at radius 3 is 2.30 bits per heavy atom. The van der Waals surface area contributed by atoms with Gasteiger partial charge in [-0.15, -0.1) is 0 Å². The van der Waals surface area contributed by atoms with Crippen LogP contribution in [-0.2, 0) is 16.0 Å². The first kappa shape index (κ1) is 29.0. The lowest BCUT2D eigenvalue weighted by Gasteiger charge is -2.20. The van der Waals surface area contributed by atoms with E-state index in [2.05, 4.69) is 16.3 Å². The van der Waals surface area contributed by atoms with Gasteiger partial charge in [-0.3, -0.25) is 4.79 Å². The van der Waals surface area contributed by atoms with Gasteiger partial charge in [0.05, 0.1) is 41.3 Å². The van der Waals surface area contributed by atoms with Crippen LogP contribution in [0.4, 0.5) is 18.9 Å². The van der Waals surface area contributed by atoms with E-state index in [0.717, 1.165) is 17.8 Å². The Bertz CT molecular complexity index is 1470. The molecule has 0 aliphatic carbocycles. The second kappa shape index (κ2) is 12.0. The number of nitriles is 1. The number of nitrogens with zero attached hydrogens (tertiary/aromatic N) is 2. The molecule has 0 spiro atoms. The van der Waals surface area contributed by atoms with Gasteiger partial charge in [-0.1, -0.05) is 19.1 Å². The fourth-order valence-corrected chi connectivity index (χ4v) is 5.34. The highest BCUT2D eigenvalue weighted by Crippen LogP contribution is 2.31. The van der Waals surface area contributed by atoms with E-state index in [1.54, 1.807) is 43.3 Å². The van der Waals surface area contributed by atoms with Crippen LogP contribution in [-0.4, -0.2) is 39.3 Å². The van der Waals surface area contributed by atoms with Crippen molar-refractivity contribution in [2.45, 2.75) is 43.0 Å². The first-order chi connectivity index (χ1) is 19.0. The Hall–Kier alpha value is -4.04. The lowest BCUT2D eigenvalue weighted by atomic mass is 10.0. The average molecular weight is 572 g/mol. The number of hydrogen-bond donors (Lipinski definition) is 1. The Morgan fingerprint density at radius 1 is 1.07 bits per heavy atom. The van der Waals surface area contributed by atoms with E-state index in [4.69, 9.17) is 4.74 Å². The highest BCUT2D eigenvalue weighted by Gasteiger charge is 2.30. The maximum Gasteiger partial charge on any atom is 0.416 e. The number of amides is 1. The Kier molecular flexibility index (Phi) is 8.69. The van der Waals surface area contributed by atoms with Crippen LogP contribution in [0.2, 0.25) is 0 Å². The summed E-state index contributed by atoms with van der Waals surface area (Å²) in [6, 6.07) is 19.2. The number of halogens is 3. The minimum Gasteiger partial charge on any atom is -0.489 e. The van der Waals surface area contributed by atoms with Crippen LogP contribution in [0.25, 0.3) is 0 Å². The summed E-state index contributed by atoms with van der Waals surface area (Å²) >= 11 is 0. The van der Waals surface area contributed by atoms with E-state index in [9.17, 15) is 31.6 Å². The summed E-state index contributed by atoms with van der Waals surface area (Å²) in [4.78, 5) is 15.2. The van der Waals surface area contributed by atoms with Crippen molar-refractivity contribution in [3.05, 3.63) is 89.5 Å². The molecule has 2 atom stereocenters. The average Bonchev–Trinajstić information content (AvgIpc) is 3.41. The van der Waals surface area contributed by atoms with E-state index in [1.165, 1.54) is 24.3 Å². The molecule has 3 aromatic rings. The summed E-state index contributed by atoms with van der Waals surface area (Å²) in [6.07, 6.45) is -3.88. The van der Waals surface area contributed by atoms with E-state index in [1.807, 2.05) is 0 Å². The largest absolute Gasteiger partial charge is 0.489 e. The second-order valence-electron chi connectivity index (χ2n) is 9.40. The van der Waals surface area contributed by atoms with Crippen LogP contribution in [0.5, 0.6) is 5.75 Å². The minimum absolute atomic E-state index is 0.0117. The highest BCUT2D eigenvalue weighted by atomic mass is 32.2.